The quantitative estimate of drug-likeness (QED) is 0.128. The average Bonchev–Trinajstić information content (AvgIpc) is 4.11. The molecule has 0 aliphatic heterocycles. The number of benzene rings is 6. The fourth-order valence-corrected chi connectivity index (χ4v) is 38.4. The van der Waals surface area contributed by atoms with Crippen LogP contribution in [0.4, 0.5) is 0 Å². The van der Waals surface area contributed by atoms with Crippen molar-refractivity contribution in [2.24, 2.45) is 0 Å². The van der Waals surface area contributed by atoms with E-state index in [0.717, 1.165) is 69.9 Å². The fourth-order valence-electron chi connectivity index (χ4n) is 10.8. The van der Waals surface area contributed by atoms with Gasteiger partial charge in [0.15, 0.2) is 0 Å². The van der Waals surface area contributed by atoms with E-state index in [1.807, 2.05) is 12.5 Å². The molecule has 0 saturated heterocycles. The van der Waals surface area contributed by atoms with Crippen LogP contribution in [0, 0.1) is 0 Å². The number of halogens is 2. The second-order valence-electron chi connectivity index (χ2n) is 17.5. The number of aryl methyl sites for hydroxylation is 4. The molecule has 8 aromatic rings. The molecule has 0 bridgehead atoms. The van der Waals surface area contributed by atoms with E-state index in [4.69, 9.17) is 8.83 Å². The van der Waals surface area contributed by atoms with Crippen molar-refractivity contribution in [3.63, 3.8) is 0 Å². The Morgan fingerprint density at radius 3 is 1.27 bits per heavy atom. The van der Waals surface area contributed by atoms with E-state index in [1.165, 1.54) is 66.8 Å². The first-order valence-corrected chi connectivity index (χ1v) is 37.7. The molecule has 10 rings (SSSR count). The van der Waals surface area contributed by atoms with E-state index < -0.39 is 20.4 Å². The standard InChI is InChI=1S/2C27H23O.C2H6Si.2ClH.Zr/c2*1-3-18-9-11-20(12-10-18)26-19(4-2)13-14-21-15-23(16-25(21)26)27-24-8-6-5-7-22(24)17-28-27;1-3-2;;;/h2*5-17H,3-4H2,1-2H3;1-2H3;2*1H;/q;;;;;+2/p-2. The van der Waals surface area contributed by atoms with Crippen molar-refractivity contribution in [2.75, 3.05) is 0 Å². The minimum atomic E-state index is -5.56. The molecule has 0 radical (unpaired) electrons. The van der Waals surface area contributed by atoms with Gasteiger partial charge in [-0.15, -0.1) is 0 Å². The van der Waals surface area contributed by atoms with Gasteiger partial charge in [0, 0.05) is 0 Å². The Morgan fingerprint density at radius 2 is 0.903 bits per heavy atom. The molecule has 2 aromatic heterocycles. The van der Waals surface area contributed by atoms with Gasteiger partial charge in [-0.1, -0.05) is 0 Å². The number of hydrogen-bond donors (Lipinski definition) is 0. The van der Waals surface area contributed by atoms with Gasteiger partial charge in [-0.05, 0) is 0 Å². The van der Waals surface area contributed by atoms with Crippen LogP contribution in [-0.4, -0.2) is 5.43 Å². The molecule has 0 N–H and O–H groups in total. The third-order valence-corrected chi connectivity index (χ3v) is 60.5. The Labute approximate surface area is 374 Å². The number of fused-ring (bicyclic) bond motifs is 4. The van der Waals surface area contributed by atoms with Crippen LogP contribution in [0.3, 0.4) is 0 Å². The first-order valence-electron chi connectivity index (χ1n) is 22.3. The van der Waals surface area contributed by atoms with Crippen LogP contribution >= 0.6 is 17.0 Å². The molecule has 62 heavy (non-hydrogen) atoms. The van der Waals surface area contributed by atoms with Crippen molar-refractivity contribution in [1.82, 2.24) is 0 Å². The second-order valence-corrected chi connectivity index (χ2v) is 56.3. The topological polar surface area (TPSA) is 26.3 Å². The summed E-state index contributed by atoms with van der Waals surface area (Å²) in [6.07, 6.45) is 12.4. The summed E-state index contributed by atoms with van der Waals surface area (Å²) < 4.78 is 13.0. The number of rotatable bonds is 10. The summed E-state index contributed by atoms with van der Waals surface area (Å²) in [5.74, 6) is 1.73. The number of allylic oxidation sites excluding steroid dienone is 2. The second kappa shape index (κ2) is 16.0. The molecule has 0 amide bonds. The molecule has 0 spiro atoms. The van der Waals surface area contributed by atoms with E-state index in [1.54, 1.807) is 0 Å². The van der Waals surface area contributed by atoms with E-state index in [9.17, 15) is 17.0 Å². The minimum absolute atomic E-state index is 0.272. The van der Waals surface area contributed by atoms with E-state index >= 15 is 0 Å². The van der Waals surface area contributed by atoms with Crippen LogP contribution in [0.5, 0.6) is 0 Å². The molecule has 0 saturated carbocycles. The van der Waals surface area contributed by atoms with Crippen LogP contribution in [0.15, 0.2) is 143 Å². The third-order valence-electron chi connectivity index (χ3n) is 14.2. The Bertz CT molecular complexity index is 3000. The van der Waals surface area contributed by atoms with Gasteiger partial charge >= 0.3 is 377 Å². The van der Waals surface area contributed by atoms with E-state index in [-0.39, 0.29) is 7.25 Å². The maximum atomic E-state index is 9.20. The molecule has 0 fully saturated rings. The zero-order chi connectivity index (χ0) is 42.9. The summed E-state index contributed by atoms with van der Waals surface area (Å²) in [6, 6.07) is 44.7. The SMILES string of the molecule is CCc1ccc(-c2c(CC)ccc3c2C=C(c2occ4ccccc24)[CH]3[Zr]([Cl])([Cl])([CH]2C(c3occ4ccccc34)=Cc3c2ccc(CC)c3-c2ccc(CC)cc2)=[Si](C)C)cc1. The van der Waals surface area contributed by atoms with Gasteiger partial charge in [-0.2, -0.15) is 0 Å². The van der Waals surface area contributed by atoms with Crippen molar-refractivity contribution in [3.05, 3.63) is 190 Å². The maximum absolute atomic E-state index is 9.20. The average molecular weight is 947 g/mol. The molecular formula is C56H52Cl2O2SiZr. The summed E-state index contributed by atoms with van der Waals surface area (Å²) in [7, 11) is 18.4. The van der Waals surface area contributed by atoms with Gasteiger partial charge in [0.25, 0.3) is 0 Å². The predicted molar refractivity (Wildman–Crippen MR) is 264 cm³/mol. The van der Waals surface area contributed by atoms with Gasteiger partial charge in [-0.3, -0.25) is 0 Å². The van der Waals surface area contributed by atoms with Crippen molar-refractivity contribution >= 4 is 67.3 Å². The molecule has 2 atom stereocenters. The van der Waals surface area contributed by atoms with Crippen molar-refractivity contribution < 1.29 is 23.8 Å². The van der Waals surface area contributed by atoms with Crippen LogP contribution in [0.25, 0.3) is 67.1 Å². The molecule has 310 valence electrons. The molecule has 2 nitrogen and oxygen atoms in total. The van der Waals surface area contributed by atoms with E-state index in [0.29, 0.717) is 0 Å². The van der Waals surface area contributed by atoms with Gasteiger partial charge in [0.05, 0.1) is 0 Å². The van der Waals surface area contributed by atoms with Gasteiger partial charge < -0.3 is 0 Å². The summed E-state index contributed by atoms with van der Waals surface area (Å²) >= 11 is -5.56. The van der Waals surface area contributed by atoms with Crippen molar-refractivity contribution in [2.45, 2.75) is 73.7 Å². The van der Waals surface area contributed by atoms with Crippen molar-refractivity contribution in [1.29, 1.82) is 0 Å². The predicted octanol–water partition coefficient (Wildman–Crippen LogP) is 16.9. The first kappa shape index (κ1) is 41.6. The Balaban J connectivity index is 1.31. The Kier molecular flexibility index (Phi) is 10.7. The first-order chi connectivity index (χ1) is 30.1. The molecular weight excluding hydrogens is 895 g/mol. The third kappa shape index (κ3) is 6.34. The van der Waals surface area contributed by atoms with Gasteiger partial charge in [-0.25, -0.2) is 0 Å². The Morgan fingerprint density at radius 1 is 0.500 bits per heavy atom. The zero-order valence-corrected chi connectivity index (χ0v) is 41.4. The number of furan rings is 2. The molecule has 2 aliphatic rings. The Hall–Kier alpha value is -4.44. The van der Waals surface area contributed by atoms with Gasteiger partial charge in [0.2, 0.25) is 0 Å². The molecule has 2 aliphatic carbocycles. The van der Waals surface area contributed by atoms with Gasteiger partial charge in [0.1, 0.15) is 0 Å². The van der Waals surface area contributed by atoms with Crippen LogP contribution < -0.4 is 0 Å². The monoisotopic (exact) mass is 944 g/mol. The van der Waals surface area contributed by atoms with Crippen molar-refractivity contribution in [3.8, 4) is 22.3 Å². The van der Waals surface area contributed by atoms with Crippen LogP contribution in [0.2, 0.25) is 13.1 Å². The molecule has 2 unspecified atom stereocenters. The zero-order valence-electron chi connectivity index (χ0n) is 36.4. The number of hydrogen-bond acceptors (Lipinski definition) is 2. The summed E-state index contributed by atoms with van der Waals surface area (Å²) in [5, 5.41) is 4.30. The summed E-state index contributed by atoms with van der Waals surface area (Å²) in [6.45, 7) is 13.7. The van der Waals surface area contributed by atoms with Crippen LogP contribution in [-0.2, 0) is 40.7 Å². The normalized spacial score (nSPS) is 16.1. The molecule has 6 aromatic carbocycles. The fraction of sp³-hybridized carbons (Fsp3) is 0.214. The molecule has 2 heterocycles. The summed E-state index contributed by atoms with van der Waals surface area (Å²) in [5.41, 5.74) is 15.8. The van der Waals surface area contributed by atoms with E-state index in [2.05, 4.69) is 174 Å². The molecule has 6 heteroatoms. The summed E-state index contributed by atoms with van der Waals surface area (Å²) in [4.78, 5) is 0. The van der Waals surface area contributed by atoms with Crippen LogP contribution in [0.1, 0.15) is 91.0 Å².